The first-order valence-corrected chi connectivity index (χ1v) is 8.96. The van der Waals surface area contributed by atoms with E-state index >= 15 is 0 Å². The largest absolute Gasteiger partial charge is 0.496 e. The molecule has 1 aliphatic heterocycles. The number of halogens is 1. The molecule has 1 aromatic carbocycles. The van der Waals surface area contributed by atoms with Crippen molar-refractivity contribution in [2.45, 2.75) is 20.8 Å². The van der Waals surface area contributed by atoms with E-state index in [1.807, 2.05) is 6.08 Å². The molecule has 0 saturated heterocycles. The number of benzene rings is 1. The molecule has 2 amide bonds. The van der Waals surface area contributed by atoms with Crippen LogP contribution >= 0.6 is 11.6 Å². The number of fused-ring (bicyclic) bond motifs is 1. The monoisotopic (exact) mass is 384 g/mol. The third-order valence-electron chi connectivity index (χ3n) is 4.48. The Hall–Kier alpha value is -2.66. The molecule has 2 aliphatic rings. The minimum absolute atomic E-state index is 0.0301. The maximum atomic E-state index is 12.6. The van der Waals surface area contributed by atoms with Gasteiger partial charge in [-0.3, -0.25) is 9.59 Å². The van der Waals surface area contributed by atoms with Gasteiger partial charge in [-0.1, -0.05) is 38.4 Å². The summed E-state index contributed by atoms with van der Waals surface area (Å²) < 4.78 is 5.22. The van der Waals surface area contributed by atoms with Crippen molar-refractivity contribution in [2.75, 3.05) is 7.11 Å². The highest BCUT2D eigenvalue weighted by molar-refractivity contribution is 6.31. The van der Waals surface area contributed by atoms with Crippen LogP contribution in [0, 0.1) is 11.3 Å². The lowest BCUT2D eigenvalue weighted by atomic mass is 9.74. The molecule has 27 heavy (non-hydrogen) atoms. The lowest BCUT2D eigenvalue weighted by molar-refractivity contribution is -0.116. The van der Waals surface area contributed by atoms with Crippen LogP contribution < -0.4 is 10.1 Å². The molecule has 0 aromatic heterocycles. The normalized spacial score (nSPS) is 20.6. The Morgan fingerprint density at radius 3 is 2.67 bits per heavy atom. The van der Waals surface area contributed by atoms with Gasteiger partial charge in [0.05, 0.1) is 18.4 Å². The summed E-state index contributed by atoms with van der Waals surface area (Å²) in [6, 6.07) is 4.80. The molecule has 0 radical (unpaired) electrons. The minimum Gasteiger partial charge on any atom is -0.496 e. The van der Waals surface area contributed by atoms with Crippen LogP contribution in [0.2, 0.25) is 5.02 Å². The predicted molar refractivity (Wildman–Crippen MR) is 106 cm³/mol. The number of hydrogen-bond acceptors (Lipinski definition) is 3. The van der Waals surface area contributed by atoms with Gasteiger partial charge in [0.25, 0.3) is 5.91 Å². The minimum atomic E-state index is -0.460. The summed E-state index contributed by atoms with van der Waals surface area (Å²) in [5.41, 5.74) is 2.35. The molecule has 1 atom stereocenters. The number of methoxy groups -OCH3 is 1. The van der Waals surface area contributed by atoms with Crippen LogP contribution in [0.4, 0.5) is 0 Å². The average Bonchev–Trinajstić information content (AvgIpc) is 2.59. The Balaban J connectivity index is 1.94. The number of carbonyl (C=O) groups excluding carboxylic acids is 2. The maximum Gasteiger partial charge on any atom is 0.281 e. The van der Waals surface area contributed by atoms with Crippen molar-refractivity contribution in [3.05, 3.63) is 64.4 Å². The van der Waals surface area contributed by atoms with Gasteiger partial charge in [0.2, 0.25) is 5.91 Å². The zero-order chi connectivity index (χ0) is 19.8. The van der Waals surface area contributed by atoms with Crippen LogP contribution in [0.25, 0.3) is 0 Å². The fourth-order valence-electron chi connectivity index (χ4n) is 3.17. The van der Waals surface area contributed by atoms with E-state index in [1.165, 1.54) is 13.2 Å². The van der Waals surface area contributed by atoms with E-state index in [9.17, 15) is 9.59 Å². The first-order chi connectivity index (χ1) is 12.7. The van der Waals surface area contributed by atoms with Gasteiger partial charge in [0.1, 0.15) is 5.75 Å². The van der Waals surface area contributed by atoms with Crippen LogP contribution in [-0.4, -0.2) is 24.6 Å². The molecule has 0 bridgehead atoms. The molecule has 1 aliphatic carbocycles. The number of rotatable bonds is 2. The Labute approximate surface area is 163 Å². The molecule has 6 heteroatoms. The molecule has 1 N–H and O–H groups in total. The molecule has 0 fully saturated rings. The summed E-state index contributed by atoms with van der Waals surface area (Å²) in [6.45, 7) is 6.21. The van der Waals surface area contributed by atoms with E-state index < -0.39 is 5.91 Å². The molecular formula is C21H21ClN2O3. The van der Waals surface area contributed by atoms with Crippen molar-refractivity contribution in [1.29, 1.82) is 0 Å². The van der Waals surface area contributed by atoms with Crippen molar-refractivity contribution < 1.29 is 14.3 Å². The third kappa shape index (κ3) is 4.03. The maximum absolute atomic E-state index is 12.6. The lowest BCUT2D eigenvalue weighted by Crippen LogP contribution is -2.36. The van der Waals surface area contributed by atoms with Crippen molar-refractivity contribution >= 4 is 29.1 Å². The quantitative estimate of drug-likeness (QED) is 0.834. The molecule has 1 unspecified atom stereocenters. The second kappa shape index (κ2) is 7.16. The lowest BCUT2D eigenvalue weighted by Gasteiger charge is -2.34. The molecule has 3 rings (SSSR count). The summed E-state index contributed by atoms with van der Waals surface area (Å²) in [6.07, 6.45) is 7.13. The number of aliphatic imine (C=N–C) groups is 1. The number of amides is 2. The fourth-order valence-corrected chi connectivity index (χ4v) is 3.34. The van der Waals surface area contributed by atoms with Gasteiger partial charge in [0.15, 0.2) is 0 Å². The predicted octanol–water partition coefficient (Wildman–Crippen LogP) is 4.10. The first kappa shape index (κ1) is 19.1. The van der Waals surface area contributed by atoms with Crippen molar-refractivity contribution in [2.24, 2.45) is 16.3 Å². The number of nitrogens with one attached hydrogen (secondary N) is 1. The van der Waals surface area contributed by atoms with E-state index in [0.29, 0.717) is 16.5 Å². The molecular weight excluding hydrogens is 364 g/mol. The summed E-state index contributed by atoms with van der Waals surface area (Å²) in [4.78, 5) is 28.8. The van der Waals surface area contributed by atoms with Crippen LogP contribution in [0.1, 0.15) is 31.1 Å². The fraction of sp³-hybridized carbons (Fsp3) is 0.286. The molecule has 0 saturated carbocycles. The summed E-state index contributed by atoms with van der Waals surface area (Å²) >= 11 is 5.99. The van der Waals surface area contributed by atoms with E-state index in [2.05, 4.69) is 31.1 Å². The molecule has 140 valence electrons. The summed E-state index contributed by atoms with van der Waals surface area (Å²) in [5, 5.41) is 3.28. The molecule has 5 nitrogen and oxygen atoms in total. The summed E-state index contributed by atoms with van der Waals surface area (Å²) in [5.74, 6) is -0.251. The van der Waals surface area contributed by atoms with Gasteiger partial charge < -0.3 is 10.1 Å². The number of hydrogen-bond donors (Lipinski definition) is 1. The Kier molecular flexibility index (Phi) is 5.07. The highest BCUT2D eigenvalue weighted by atomic mass is 35.5. The topological polar surface area (TPSA) is 67.8 Å². The van der Waals surface area contributed by atoms with E-state index in [1.54, 1.807) is 30.4 Å². The van der Waals surface area contributed by atoms with Gasteiger partial charge in [0, 0.05) is 22.7 Å². The Morgan fingerprint density at radius 2 is 2.00 bits per heavy atom. The highest BCUT2D eigenvalue weighted by Gasteiger charge is 2.32. The second-order valence-corrected chi connectivity index (χ2v) is 7.90. The van der Waals surface area contributed by atoms with Gasteiger partial charge in [-0.2, -0.15) is 0 Å². The van der Waals surface area contributed by atoms with E-state index in [-0.39, 0.29) is 22.8 Å². The number of carbonyl (C=O) groups is 2. The first-order valence-electron chi connectivity index (χ1n) is 8.58. The van der Waals surface area contributed by atoms with Gasteiger partial charge in [-0.25, -0.2) is 4.99 Å². The van der Waals surface area contributed by atoms with Gasteiger partial charge in [-0.05, 0) is 41.3 Å². The highest BCUT2D eigenvalue weighted by Crippen LogP contribution is 2.38. The number of nitrogens with zero attached hydrogens (tertiary/aromatic N) is 1. The third-order valence-corrected chi connectivity index (χ3v) is 4.71. The Bertz CT molecular complexity index is 933. The zero-order valence-electron chi connectivity index (χ0n) is 15.7. The van der Waals surface area contributed by atoms with Gasteiger partial charge in [-0.15, -0.1) is 0 Å². The average molecular weight is 385 g/mol. The smallest absolute Gasteiger partial charge is 0.281 e. The van der Waals surface area contributed by atoms with Gasteiger partial charge >= 0.3 is 0 Å². The molecule has 1 heterocycles. The van der Waals surface area contributed by atoms with Crippen LogP contribution in [0.3, 0.4) is 0 Å². The van der Waals surface area contributed by atoms with E-state index in [0.717, 1.165) is 11.3 Å². The van der Waals surface area contributed by atoms with Crippen molar-refractivity contribution in [1.82, 2.24) is 5.32 Å². The SMILES string of the molecule is COc1ccc(Cl)cc1C(=O)N=C1C=CC2C(=C1)NC(=O)C=C2C(C)(C)C. The zero-order valence-corrected chi connectivity index (χ0v) is 16.4. The molecule has 1 aromatic rings. The Morgan fingerprint density at radius 1 is 1.26 bits per heavy atom. The summed E-state index contributed by atoms with van der Waals surface area (Å²) in [7, 11) is 1.48. The van der Waals surface area contributed by atoms with Crippen molar-refractivity contribution in [3.8, 4) is 5.75 Å². The second-order valence-electron chi connectivity index (χ2n) is 7.46. The molecule has 0 spiro atoms. The van der Waals surface area contributed by atoms with E-state index in [4.69, 9.17) is 16.3 Å². The van der Waals surface area contributed by atoms with Crippen LogP contribution in [-0.2, 0) is 4.79 Å². The standard InChI is InChI=1S/C21H21ClN2O3/c1-21(2,3)16-11-19(25)24-17-10-13(6-7-14(16)17)23-20(26)15-9-12(22)5-8-18(15)27-4/h5-11,14H,1-4H3,(H,24,25). The number of allylic oxidation sites excluding steroid dienone is 3. The van der Waals surface area contributed by atoms with Crippen LogP contribution in [0.15, 0.2) is 58.8 Å². The van der Waals surface area contributed by atoms with Crippen molar-refractivity contribution in [3.63, 3.8) is 0 Å². The van der Waals surface area contributed by atoms with Crippen LogP contribution in [0.5, 0.6) is 5.75 Å². The number of ether oxygens (including phenoxy) is 1.